The van der Waals surface area contributed by atoms with Gasteiger partial charge in [0, 0.05) is 0 Å². The standard InChI is InChI=1S/C11H20N2O3S/c1-10(2,3)16-9(14)13-7(8(12)17)6-15-11(13,4)5/h7H,6H2,1-5H3,(H2,12,17)/t7-/m0/s1. The summed E-state index contributed by atoms with van der Waals surface area (Å²) in [6, 6.07) is -0.408. The van der Waals surface area contributed by atoms with Crippen molar-refractivity contribution in [3.8, 4) is 0 Å². The van der Waals surface area contributed by atoms with Crippen molar-refractivity contribution in [1.29, 1.82) is 0 Å². The number of nitrogens with two attached hydrogens (primary N) is 1. The summed E-state index contributed by atoms with van der Waals surface area (Å²) in [6.45, 7) is 9.31. The van der Waals surface area contributed by atoms with Crippen molar-refractivity contribution < 1.29 is 14.3 Å². The molecule has 98 valence electrons. The maximum atomic E-state index is 12.1. The summed E-state index contributed by atoms with van der Waals surface area (Å²) < 4.78 is 10.8. The van der Waals surface area contributed by atoms with Gasteiger partial charge < -0.3 is 15.2 Å². The van der Waals surface area contributed by atoms with E-state index in [1.165, 1.54) is 4.90 Å². The first-order chi connectivity index (χ1) is 7.54. The molecule has 5 nitrogen and oxygen atoms in total. The lowest BCUT2D eigenvalue weighted by atomic mass is 10.2. The zero-order valence-corrected chi connectivity index (χ0v) is 11.8. The summed E-state index contributed by atoms with van der Waals surface area (Å²) in [7, 11) is 0. The van der Waals surface area contributed by atoms with Crippen molar-refractivity contribution in [1.82, 2.24) is 4.90 Å². The predicted molar refractivity (Wildman–Crippen MR) is 68.7 cm³/mol. The van der Waals surface area contributed by atoms with E-state index < -0.39 is 23.5 Å². The Bertz CT molecular complexity index is 336. The second-order valence-electron chi connectivity index (χ2n) is 5.53. The molecule has 0 spiro atoms. The lowest BCUT2D eigenvalue weighted by Gasteiger charge is -2.34. The number of hydrogen-bond donors (Lipinski definition) is 1. The van der Waals surface area contributed by atoms with Gasteiger partial charge in [0.2, 0.25) is 0 Å². The van der Waals surface area contributed by atoms with Gasteiger partial charge in [0.15, 0.2) is 0 Å². The lowest BCUT2D eigenvalue weighted by molar-refractivity contribution is -0.0605. The van der Waals surface area contributed by atoms with Crippen LogP contribution in [0, 0.1) is 0 Å². The monoisotopic (exact) mass is 260 g/mol. The molecule has 2 N–H and O–H groups in total. The van der Waals surface area contributed by atoms with E-state index in [-0.39, 0.29) is 4.99 Å². The third kappa shape index (κ3) is 3.29. The first-order valence-corrected chi connectivity index (χ1v) is 5.91. The van der Waals surface area contributed by atoms with Gasteiger partial charge in [-0.3, -0.25) is 4.90 Å². The van der Waals surface area contributed by atoms with E-state index >= 15 is 0 Å². The maximum absolute atomic E-state index is 12.1. The van der Waals surface area contributed by atoms with Gasteiger partial charge in [-0.05, 0) is 34.6 Å². The first kappa shape index (κ1) is 14.2. The zero-order valence-electron chi connectivity index (χ0n) is 10.9. The van der Waals surface area contributed by atoms with Crippen LogP contribution in [0.4, 0.5) is 4.79 Å². The highest BCUT2D eigenvalue weighted by molar-refractivity contribution is 7.80. The lowest BCUT2D eigenvalue weighted by Crippen LogP contribution is -2.53. The molecule has 1 amide bonds. The smallest absolute Gasteiger partial charge is 0.413 e. The van der Waals surface area contributed by atoms with Gasteiger partial charge in [-0.25, -0.2) is 4.79 Å². The third-order valence-corrected chi connectivity index (χ3v) is 2.68. The van der Waals surface area contributed by atoms with Crippen molar-refractivity contribution in [2.45, 2.75) is 52.0 Å². The molecular weight excluding hydrogens is 240 g/mol. The van der Waals surface area contributed by atoms with E-state index in [0.717, 1.165) is 0 Å². The Balaban J connectivity index is 2.90. The highest BCUT2D eigenvalue weighted by Gasteiger charge is 2.46. The minimum absolute atomic E-state index is 0.237. The summed E-state index contributed by atoms with van der Waals surface area (Å²) in [4.78, 5) is 13.8. The number of carbonyl (C=O) groups is 1. The number of ether oxygens (including phenoxy) is 2. The fourth-order valence-corrected chi connectivity index (χ4v) is 1.84. The zero-order chi connectivity index (χ0) is 13.4. The minimum Gasteiger partial charge on any atom is -0.444 e. The Morgan fingerprint density at radius 1 is 1.53 bits per heavy atom. The Morgan fingerprint density at radius 2 is 2.06 bits per heavy atom. The average molecular weight is 260 g/mol. The molecule has 1 atom stereocenters. The van der Waals surface area contributed by atoms with Gasteiger partial charge in [-0.15, -0.1) is 0 Å². The SMILES string of the molecule is CC(C)(C)OC(=O)N1[C@H](C(N)=S)COC1(C)C. The number of nitrogens with zero attached hydrogens (tertiary/aromatic N) is 1. The predicted octanol–water partition coefficient (Wildman–Crippen LogP) is 1.64. The highest BCUT2D eigenvalue weighted by Crippen LogP contribution is 2.29. The Labute approximate surface area is 107 Å². The van der Waals surface area contributed by atoms with Crippen LogP contribution in [-0.2, 0) is 9.47 Å². The van der Waals surface area contributed by atoms with Gasteiger partial charge >= 0.3 is 6.09 Å². The van der Waals surface area contributed by atoms with E-state index in [4.69, 9.17) is 27.4 Å². The second kappa shape index (κ2) is 4.42. The molecule has 1 fully saturated rings. The molecule has 0 aromatic carbocycles. The molecule has 1 aliphatic rings. The van der Waals surface area contributed by atoms with Crippen LogP contribution >= 0.6 is 12.2 Å². The fraction of sp³-hybridized carbons (Fsp3) is 0.818. The number of hydrogen-bond acceptors (Lipinski definition) is 4. The molecule has 0 unspecified atom stereocenters. The quantitative estimate of drug-likeness (QED) is 0.726. The first-order valence-electron chi connectivity index (χ1n) is 5.50. The Kier molecular flexibility index (Phi) is 3.69. The van der Waals surface area contributed by atoms with E-state index in [0.29, 0.717) is 6.61 Å². The van der Waals surface area contributed by atoms with Gasteiger partial charge in [0.25, 0.3) is 0 Å². The Hall–Kier alpha value is -0.880. The summed E-state index contributed by atoms with van der Waals surface area (Å²) >= 11 is 4.94. The van der Waals surface area contributed by atoms with E-state index in [9.17, 15) is 4.79 Å². The van der Waals surface area contributed by atoms with E-state index in [1.807, 2.05) is 20.8 Å². The van der Waals surface area contributed by atoms with Gasteiger partial charge in [-0.1, -0.05) is 12.2 Å². The number of rotatable bonds is 1. The third-order valence-electron chi connectivity index (χ3n) is 2.40. The average Bonchev–Trinajstić information content (AvgIpc) is 2.37. The van der Waals surface area contributed by atoms with Crippen molar-refractivity contribution in [2.75, 3.05) is 6.61 Å². The van der Waals surface area contributed by atoms with Crippen molar-refractivity contribution in [3.05, 3.63) is 0 Å². The molecular formula is C11H20N2O3S. The van der Waals surface area contributed by atoms with Crippen LogP contribution in [-0.4, -0.2) is 40.0 Å². The molecule has 1 aliphatic heterocycles. The summed E-state index contributed by atoms with van der Waals surface area (Å²) in [6.07, 6.45) is -0.460. The minimum atomic E-state index is -0.754. The van der Waals surface area contributed by atoms with Crippen molar-refractivity contribution in [2.24, 2.45) is 5.73 Å². The van der Waals surface area contributed by atoms with Gasteiger partial charge in [0.05, 0.1) is 11.6 Å². The van der Waals surface area contributed by atoms with Crippen LogP contribution in [0.15, 0.2) is 0 Å². The molecule has 0 aromatic rings. The number of thiocarbonyl (C=S) groups is 1. The molecule has 1 saturated heterocycles. The molecule has 0 aromatic heterocycles. The molecule has 0 aliphatic carbocycles. The topological polar surface area (TPSA) is 64.8 Å². The molecule has 17 heavy (non-hydrogen) atoms. The van der Waals surface area contributed by atoms with Gasteiger partial charge in [-0.2, -0.15) is 0 Å². The van der Waals surface area contributed by atoms with Crippen molar-refractivity contribution in [3.63, 3.8) is 0 Å². The Morgan fingerprint density at radius 3 is 2.47 bits per heavy atom. The summed E-state index contributed by atoms with van der Waals surface area (Å²) in [5, 5.41) is 0. The molecule has 1 heterocycles. The fourth-order valence-electron chi connectivity index (χ4n) is 1.67. The summed E-state index contributed by atoms with van der Waals surface area (Å²) in [5.74, 6) is 0. The molecule has 0 radical (unpaired) electrons. The van der Waals surface area contributed by atoms with Crippen LogP contribution in [0.25, 0.3) is 0 Å². The highest BCUT2D eigenvalue weighted by atomic mass is 32.1. The van der Waals surface area contributed by atoms with E-state index in [1.54, 1.807) is 13.8 Å². The molecule has 0 saturated carbocycles. The van der Waals surface area contributed by atoms with Crippen LogP contribution < -0.4 is 5.73 Å². The van der Waals surface area contributed by atoms with Crippen molar-refractivity contribution >= 4 is 23.3 Å². The molecule has 0 bridgehead atoms. The van der Waals surface area contributed by atoms with Crippen LogP contribution in [0.3, 0.4) is 0 Å². The van der Waals surface area contributed by atoms with Crippen LogP contribution in [0.5, 0.6) is 0 Å². The normalized spacial score (nSPS) is 23.6. The number of carbonyl (C=O) groups excluding carboxylic acids is 1. The van der Waals surface area contributed by atoms with Crippen LogP contribution in [0.1, 0.15) is 34.6 Å². The molecule has 6 heteroatoms. The van der Waals surface area contributed by atoms with Crippen LogP contribution in [0.2, 0.25) is 0 Å². The van der Waals surface area contributed by atoms with E-state index in [2.05, 4.69) is 0 Å². The molecule has 1 rings (SSSR count). The number of amides is 1. The second-order valence-corrected chi connectivity index (χ2v) is 6.00. The summed E-state index contributed by atoms with van der Waals surface area (Å²) in [5.41, 5.74) is 4.30. The maximum Gasteiger partial charge on any atom is 0.413 e. The van der Waals surface area contributed by atoms with Gasteiger partial charge in [0.1, 0.15) is 17.4 Å². The largest absolute Gasteiger partial charge is 0.444 e.